The molecule has 82 valence electrons. The van der Waals surface area contributed by atoms with Crippen LogP contribution in [0.4, 0.5) is 0 Å². The van der Waals surface area contributed by atoms with Gasteiger partial charge in [-0.05, 0) is 37.0 Å². The first-order valence-electron chi connectivity index (χ1n) is 5.75. The summed E-state index contributed by atoms with van der Waals surface area (Å²) in [6, 6.07) is 8.55. The SMILES string of the molecule is CCC1CC1NC(C)c1ccc(O)cc1. The first kappa shape index (κ1) is 10.5. The molecule has 2 heteroatoms. The molecule has 1 aliphatic carbocycles. The van der Waals surface area contributed by atoms with Gasteiger partial charge in [-0.1, -0.05) is 25.5 Å². The number of phenols is 1. The number of nitrogens with one attached hydrogen (secondary N) is 1. The summed E-state index contributed by atoms with van der Waals surface area (Å²) in [7, 11) is 0. The molecule has 2 rings (SSSR count). The van der Waals surface area contributed by atoms with Gasteiger partial charge in [0.1, 0.15) is 5.75 Å². The highest BCUT2D eigenvalue weighted by Gasteiger charge is 2.35. The topological polar surface area (TPSA) is 32.3 Å². The van der Waals surface area contributed by atoms with E-state index in [1.165, 1.54) is 18.4 Å². The lowest BCUT2D eigenvalue weighted by Gasteiger charge is -2.14. The van der Waals surface area contributed by atoms with Gasteiger partial charge in [0.05, 0.1) is 0 Å². The van der Waals surface area contributed by atoms with Crippen LogP contribution in [0.5, 0.6) is 5.75 Å². The van der Waals surface area contributed by atoms with Crippen molar-refractivity contribution in [3.63, 3.8) is 0 Å². The lowest BCUT2D eigenvalue weighted by Crippen LogP contribution is -2.22. The van der Waals surface area contributed by atoms with E-state index in [9.17, 15) is 5.11 Å². The third-order valence-corrected chi connectivity index (χ3v) is 3.30. The summed E-state index contributed by atoms with van der Waals surface area (Å²) in [5, 5.41) is 12.8. The molecule has 1 fully saturated rings. The van der Waals surface area contributed by atoms with Crippen molar-refractivity contribution in [1.29, 1.82) is 0 Å². The number of benzene rings is 1. The molecule has 0 amide bonds. The van der Waals surface area contributed by atoms with E-state index in [1.54, 1.807) is 12.1 Å². The highest BCUT2D eigenvalue weighted by Crippen LogP contribution is 2.35. The van der Waals surface area contributed by atoms with Crippen molar-refractivity contribution in [3.05, 3.63) is 29.8 Å². The summed E-state index contributed by atoms with van der Waals surface area (Å²) in [5.41, 5.74) is 1.24. The summed E-state index contributed by atoms with van der Waals surface area (Å²) in [6.45, 7) is 4.43. The van der Waals surface area contributed by atoms with Crippen LogP contribution in [0, 0.1) is 5.92 Å². The third-order valence-electron chi connectivity index (χ3n) is 3.30. The largest absolute Gasteiger partial charge is 0.508 e. The van der Waals surface area contributed by atoms with E-state index in [0.717, 1.165) is 5.92 Å². The minimum absolute atomic E-state index is 0.337. The lowest BCUT2D eigenvalue weighted by molar-refractivity contribution is 0.474. The summed E-state index contributed by atoms with van der Waals surface area (Å²) in [5.74, 6) is 1.22. The first-order valence-corrected chi connectivity index (χ1v) is 5.75. The average molecular weight is 205 g/mol. The standard InChI is InChI=1S/C13H19NO/c1-3-10-8-13(10)14-9(2)11-4-6-12(15)7-5-11/h4-7,9-10,13-15H,3,8H2,1-2H3. The molecule has 1 aromatic rings. The second-order valence-corrected chi connectivity index (χ2v) is 4.49. The normalized spacial score (nSPS) is 26.3. The molecule has 0 spiro atoms. The van der Waals surface area contributed by atoms with E-state index >= 15 is 0 Å². The number of aromatic hydroxyl groups is 1. The van der Waals surface area contributed by atoms with E-state index in [-0.39, 0.29) is 0 Å². The van der Waals surface area contributed by atoms with E-state index in [0.29, 0.717) is 17.8 Å². The molecule has 3 unspecified atom stereocenters. The van der Waals surface area contributed by atoms with Gasteiger partial charge >= 0.3 is 0 Å². The predicted molar refractivity (Wildman–Crippen MR) is 61.8 cm³/mol. The van der Waals surface area contributed by atoms with Crippen LogP contribution in [0.25, 0.3) is 0 Å². The van der Waals surface area contributed by atoms with Crippen molar-refractivity contribution < 1.29 is 5.11 Å². The number of rotatable bonds is 4. The summed E-state index contributed by atoms with van der Waals surface area (Å²) in [6.07, 6.45) is 2.60. The van der Waals surface area contributed by atoms with Crippen molar-refractivity contribution in [2.24, 2.45) is 5.92 Å². The molecule has 0 radical (unpaired) electrons. The maximum atomic E-state index is 9.19. The van der Waals surface area contributed by atoms with Crippen molar-refractivity contribution in [3.8, 4) is 5.75 Å². The van der Waals surface area contributed by atoms with Crippen LogP contribution in [0.2, 0.25) is 0 Å². The van der Waals surface area contributed by atoms with Crippen molar-refractivity contribution >= 4 is 0 Å². The smallest absolute Gasteiger partial charge is 0.115 e. The second-order valence-electron chi connectivity index (χ2n) is 4.49. The van der Waals surface area contributed by atoms with Crippen molar-refractivity contribution in [1.82, 2.24) is 5.32 Å². The minimum atomic E-state index is 0.337. The van der Waals surface area contributed by atoms with Crippen LogP contribution < -0.4 is 5.32 Å². The maximum absolute atomic E-state index is 9.19. The first-order chi connectivity index (χ1) is 7.20. The van der Waals surface area contributed by atoms with Gasteiger partial charge in [0.2, 0.25) is 0 Å². The highest BCUT2D eigenvalue weighted by atomic mass is 16.3. The summed E-state index contributed by atoms with van der Waals surface area (Å²) < 4.78 is 0. The van der Waals surface area contributed by atoms with E-state index in [1.807, 2.05) is 12.1 Å². The Labute approximate surface area is 91.3 Å². The van der Waals surface area contributed by atoms with Gasteiger partial charge < -0.3 is 10.4 Å². The molecular weight excluding hydrogens is 186 g/mol. The number of hydrogen-bond acceptors (Lipinski definition) is 2. The fraction of sp³-hybridized carbons (Fsp3) is 0.538. The molecule has 2 N–H and O–H groups in total. The zero-order valence-corrected chi connectivity index (χ0v) is 9.40. The van der Waals surface area contributed by atoms with E-state index in [2.05, 4.69) is 19.2 Å². The van der Waals surface area contributed by atoms with Gasteiger partial charge in [0, 0.05) is 12.1 Å². The van der Waals surface area contributed by atoms with Crippen LogP contribution in [-0.2, 0) is 0 Å². The molecule has 0 aromatic heterocycles. The van der Waals surface area contributed by atoms with Crippen molar-refractivity contribution in [2.75, 3.05) is 0 Å². The predicted octanol–water partition coefficient (Wildman–Crippen LogP) is 2.84. The molecule has 1 aromatic carbocycles. The zero-order valence-electron chi connectivity index (χ0n) is 9.40. The van der Waals surface area contributed by atoms with Crippen LogP contribution in [0.1, 0.15) is 38.3 Å². The lowest BCUT2D eigenvalue weighted by atomic mass is 10.1. The van der Waals surface area contributed by atoms with E-state index in [4.69, 9.17) is 0 Å². The monoisotopic (exact) mass is 205 g/mol. The van der Waals surface area contributed by atoms with Gasteiger partial charge in [-0.2, -0.15) is 0 Å². The molecule has 1 saturated carbocycles. The molecule has 0 saturated heterocycles. The Balaban J connectivity index is 1.91. The Kier molecular flexibility index (Phi) is 2.96. The number of hydrogen-bond donors (Lipinski definition) is 2. The zero-order chi connectivity index (χ0) is 10.8. The van der Waals surface area contributed by atoms with Gasteiger partial charge in [0.25, 0.3) is 0 Å². The summed E-state index contributed by atoms with van der Waals surface area (Å²) in [4.78, 5) is 0. The second kappa shape index (κ2) is 4.23. The summed E-state index contributed by atoms with van der Waals surface area (Å²) >= 11 is 0. The van der Waals surface area contributed by atoms with Crippen LogP contribution in [0.3, 0.4) is 0 Å². The minimum Gasteiger partial charge on any atom is -0.508 e. The van der Waals surface area contributed by atoms with Crippen molar-refractivity contribution in [2.45, 2.75) is 38.8 Å². The molecular formula is C13H19NO. The Morgan fingerprint density at radius 1 is 1.40 bits per heavy atom. The van der Waals surface area contributed by atoms with Crippen LogP contribution in [-0.4, -0.2) is 11.1 Å². The molecule has 1 aliphatic rings. The van der Waals surface area contributed by atoms with Gasteiger partial charge in [-0.15, -0.1) is 0 Å². The fourth-order valence-electron chi connectivity index (χ4n) is 2.08. The Bertz CT molecular complexity index is 320. The number of phenolic OH excluding ortho intramolecular Hbond substituents is 1. The van der Waals surface area contributed by atoms with Gasteiger partial charge in [-0.3, -0.25) is 0 Å². The van der Waals surface area contributed by atoms with E-state index < -0.39 is 0 Å². The Morgan fingerprint density at radius 3 is 2.60 bits per heavy atom. The Morgan fingerprint density at radius 2 is 2.07 bits per heavy atom. The average Bonchev–Trinajstić information content (AvgIpc) is 2.97. The fourth-order valence-corrected chi connectivity index (χ4v) is 2.08. The highest BCUT2D eigenvalue weighted by molar-refractivity contribution is 5.27. The molecule has 15 heavy (non-hydrogen) atoms. The Hall–Kier alpha value is -1.02. The van der Waals surface area contributed by atoms with Crippen LogP contribution >= 0.6 is 0 Å². The molecule has 2 nitrogen and oxygen atoms in total. The van der Waals surface area contributed by atoms with Crippen LogP contribution in [0.15, 0.2) is 24.3 Å². The third kappa shape index (κ3) is 2.51. The molecule has 3 atom stereocenters. The quantitative estimate of drug-likeness (QED) is 0.792. The van der Waals surface area contributed by atoms with Gasteiger partial charge in [0.15, 0.2) is 0 Å². The molecule has 0 bridgehead atoms. The molecule has 0 heterocycles. The van der Waals surface area contributed by atoms with Gasteiger partial charge in [-0.25, -0.2) is 0 Å². The maximum Gasteiger partial charge on any atom is 0.115 e. The molecule has 0 aliphatic heterocycles.